The molecule has 3 aromatic rings. The first-order valence-corrected chi connectivity index (χ1v) is 8.75. The Labute approximate surface area is 144 Å². The van der Waals surface area contributed by atoms with Gasteiger partial charge in [-0.05, 0) is 36.6 Å². The van der Waals surface area contributed by atoms with E-state index in [-0.39, 0.29) is 18.0 Å². The van der Waals surface area contributed by atoms with E-state index in [0.717, 1.165) is 10.2 Å². The molecular formula is C18H18N4OS. The Bertz CT molecular complexity index is 877. The Morgan fingerprint density at radius 3 is 2.88 bits per heavy atom. The summed E-state index contributed by atoms with van der Waals surface area (Å²) < 4.78 is 1.09. The van der Waals surface area contributed by atoms with Crippen LogP contribution in [0.25, 0.3) is 10.2 Å². The average molecular weight is 338 g/mol. The van der Waals surface area contributed by atoms with Crippen LogP contribution in [0, 0.1) is 6.92 Å². The van der Waals surface area contributed by atoms with Crippen molar-refractivity contribution in [3.63, 3.8) is 0 Å². The van der Waals surface area contributed by atoms with Crippen molar-refractivity contribution in [1.29, 1.82) is 0 Å². The molecule has 0 radical (unpaired) electrons. The molecule has 2 aromatic carbocycles. The summed E-state index contributed by atoms with van der Waals surface area (Å²) in [5, 5.41) is 3.57. The van der Waals surface area contributed by atoms with Gasteiger partial charge in [-0.25, -0.2) is 15.8 Å². The molecule has 0 saturated carbocycles. The van der Waals surface area contributed by atoms with Gasteiger partial charge in [0, 0.05) is 6.04 Å². The van der Waals surface area contributed by atoms with Gasteiger partial charge in [-0.15, -0.1) is 0 Å². The van der Waals surface area contributed by atoms with Gasteiger partial charge in [-0.2, -0.15) is 0 Å². The molecule has 3 N–H and O–H groups in total. The molecule has 24 heavy (non-hydrogen) atoms. The smallest absolute Gasteiger partial charge is 0.244 e. The number of carbonyl (C=O) groups excluding carboxylic acids is 1. The number of hydrazine groups is 1. The highest BCUT2D eigenvalue weighted by Gasteiger charge is 2.30. The van der Waals surface area contributed by atoms with Crippen molar-refractivity contribution in [3.05, 3.63) is 59.7 Å². The molecule has 1 saturated heterocycles. The van der Waals surface area contributed by atoms with E-state index in [1.165, 1.54) is 22.5 Å². The lowest BCUT2D eigenvalue weighted by Crippen LogP contribution is -2.39. The Kier molecular flexibility index (Phi) is 4.02. The number of carbonyl (C=O) groups is 1. The van der Waals surface area contributed by atoms with Crippen molar-refractivity contribution >= 4 is 32.6 Å². The summed E-state index contributed by atoms with van der Waals surface area (Å²) >= 11 is 1.50. The number of anilines is 1. The van der Waals surface area contributed by atoms with Gasteiger partial charge in [0.2, 0.25) is 5.91 Å². The lowest BCUT2D eigenvalue weighted by Gasteiger charge is -2.09. The third-order valence-corrected chi connectivity index (χ3v) is 5.13. The number of nitrogens with one attached hydrogen (secondary N) is 3. The first-order chi connectivity index (χ1) is 11.7. The maximum Gasteiger partial charge on any atom is 0.244 e. The predicted octanol–water partition coefficient (Wildman–Crippen LogP) is 3.15. The molecule has 1 aromatic heterocycles. The van der Waals surface area contributed by atoms with Gasteiger partial charge < -0.3 is 5.32 Å². The highest BCUT2D eigenvalue weighted by atomic mass is 32.1. The molecule has 0 spiro atoms. The van der Waals surface area contributed by atoms with Gasteiger partial charge in [0.05, 0.1) is 10.2 Å². The zero-order valence-corrected chi connectivity index (χ0v) is 14.1. The second-order valence-electron chi connectivity index (χ2n) is 6.02. The monoisotopic (exact) mass is 338 g/mol. The van der Waals surface area contributed by atoms with Crippen LogP contribution >= 0.6 is 11.3 Å². The number of hydrogen-bond acceptors (Lipinski definition) is 5. The van der Waals surface area contributed by atoms with Gasteiger partial charge in [-0.3, -0.25) is 4.79 Å². The number of aromatic nitrogens is 1. The van der Waals surface area contributed by atoms with Crippen LogP contribution in [0.15, 0.2) is 48.5 Å². The third kappa shape index (κ3) is 3.03. The Hall–Kier alpha value is -2.28. The van der Waals surface area contributed by atoms with Gasteiger partial charge in [0.15, 0.2) is 5.13 Å². The Morgan fingerprint density at radius 1 is 1.21 bits per heavy atom. The topological polar surface area (TPSA) is 66.0 Å². The molecule has 4 rings (SSSR count). The minimum absolute atomic E-state index is 0.0586. The number of nitrogens with zero attached hydrogens (tertiary/aromatic N) is 1. The number of hydrogen-bond donors (Lipinski definition) is 3. The molecule has 2 heterocycles. The molecule has 1 aliphatic heterocycles. The molecular weight excluding hydrogens is 320 g/mol. The number of fused-ring (bicyclic) bond motifs is 1. The summed E-state index contributed by atoms with van der Waals surface area (Å²) in [6.45, 7) is 2.05. The minimum atomic E-state index is -0.274. The van der Waals surface area contributed by atoms with Crippen LogP contribution in [-0.2, 0) is 4.79 Å². The van der Waals surface area contributed by atoms with Crippen LogP contribution in [0.4, 0.5) is 5.13 Å². The van der Waals surface area contributed by atoms with Crippen LogP contribution in [0.3, 0.4) is 0 Å². The molecule has 5 nitrogen and oxygen atoms in total. The van der Waals surface area contributed by atoms with Crippen molar-refractivity contribution in [3.8, 4) is 0 Å². The first kappa shape index (κ1) is 15.3. The largest absolute Gasteiger partial charge is 0.301 e. The van der Waals surface area contributed by atoms with Gasteiger partial charge in [0.1, 0.15) is 6.04 Å². The fourth-order valence-electron chi connectivity index (χ4n) is 2.91. The van der Waals surface area contributed by atoms with E-state index in [9.17, 15) is 4.79 Å². The van der Waals surface area contributed by atoms with Crippen LogP contribution < -0.4 is 16.2 Å². The summed E-state index contributed by atoms with van der Waals surface area (Å²) in [5.74, 6) is -0.0586. The molecule has 2 unspecified atom stereocenters. The second-order valence-corrected chi connectivity index (χ2v) is 7.05. The van der Waals surface area contributed by atoms with Crippen molar-refractivity contribution in [2.75, 3.05) is 5.32 Å². The summed E-state index contributed by atoms with van der Waals surface area (Å²) in [6, 6.07) is 16.1. The molecule has 2 atom stereocenters. The molecule has 122 valence electrons. The van der Waals surface area contributed by atoms with Gasteiger partial charge in [0.25, 0.3) is 0 Å². The van der Waals surface area contributed by atoms with Crippen LogP contribution in [0.2, 0.25) is 0 Å². The second kappa shape index (κ2) is 6.32. The Morgan fingerprint density at radius 2 is 2.04 bits per heavy atom. The van der Waals surface area contributed by atoms with Gasteiger partial charge in [-0.1, -0.05) is 47.7 Å². The SMILES string of the molecule is Cc1ccc2nc(NC(=O)C3CC(c4ccccc4)NN3)sc2c1. The van der Waals surface area contributed by atoms with Crippen molar-refractivity contribution in [1.82, 2.24) is 15.8 Å². The quantitative estimate of drug-likeness (QED) is 0.686. The highest BCUT2D eigenvalue weighted by Crippen LogP contribution is 2.28. The summed E-state index contributed by atoms with van der Waals surface area (Å²) in [5.41, 5.74) is 9.56. The van der Waals surface area contributed by atoms with E-state index >= 15 is 0 Å². The maximum atomic E-state index is 12.5. The highest BCUT2D eigenvalue weighted by molar-refractivity contribution is 7.22. The van der Waals surface area contributed by atoms with Crippen molar-refractivity contribution < 1.29 is 4.79 Å². The number of benzene rings is 2. The fraction of sp³-hybridized carbons (Fsp3) is 0.222. The minimum Gasteiger partial charge on any atom is -0.301 e. The van der Waals surface area contributed by atoms with Crippen molar-refractivity contribution in [2.45, 2.75) is 25.4 Å². The normalized spacial score (nSPS) is 20.4. The average Bonchev–Trinajstić information content (AvgIpc) is 3.22. The summed E-state index contributed by atoms with van der Waals surface area (Å²) in [7, 11) is 0. The molecule has 6 heteroatoms. The lowest BCUT2D eigenvalue weighted by atomic mass is 10.0. The van der Waals surface area contributed by atoms with E-state index in [1.54, 1.807) is 0 Å². The first-order valence-electron chi connectivity index (χ1n) is 7.93. The fourth-order valence-corrected chi connectivity index (χ4v) is 3.88. The number of amides is 1. The third-order valence-electron chi connectivity index (χ3n) is 4.20. The summed E-state index contributed by atoms with van der Waals surface area (Å²) in [4.78, 5) is 17.0. The lowest BCUT2D eigenvalue weighted by molar-refractivity contribution is -0.117. The molecule has 0 bridgehead atoms. The van der Waals surface area contributed by atoms with E-state index in [2.05, 4.69) is 46.3 Å². The van der Waals surface area contributed by atoms with Gasteiger partial charge >= 0.3 is 0 Å². The molecule has 1 amide bonds. The van der Waals surface area contributed by atoms with E-state index in [1.807, 2.05) is 30.3 Å². The predicted molar refractivity (Wildman–Crippen MR) is 96.8 cm³/mol. The van der Waals surface area contributed by atoms with Crippen LogP contribution in [0.5, 0.6) is 0 Å². The zero-order chi connectivity index (χ0) is 16.5. The number of aryl methyl sites for hydroxylation is 1. The Balaban J connectivity index is 1.44. The van der Waals surface area contributed by atoms with Crippen LogP contribution in [-0.4, -0.2) is 16.9 Å². The van der Waals surface area contributed by atoms with E-state index < -0.39 is 0 Å². The maximum absolute atomic E-state index is 12.5. The summed E-state index contributed by atoms with van der Waals surface area (Å²) in [6.07, 6.45) is 0.708. The number of thiazole rings is 1. The number of rotatable bonds is 3. The van der Waals surface area contributed by atoms with E-state index in [0.29, 0.717) is 11.6 Å². The van der Waals surface area contributed by atoms with E-state index in [4.69, 9.17) is 0 Å². The van der Waals surface area contributed by atoms with Crippen LogP contribution in [0.1, 0.15) is 23.6 Å². The molecule has 1 fully saturated rings. The molecule has 0 aliphatic carbocycles. The zero-order valence-electron chi connectivity index (χ0n) is 13.2. The van der Waals surface area contributed by atoms with Crippen molar-refractivity contribution in [2.24, 2.45) is 0 Å². The standard InChI is InChI=1S/C18H18N4OS/c1-11-7-8-13-16(9-11)24-18(19-13)20-17(23)15-10-14(21-22-15)12-5-3-2-4-6-12/h2-9,14-15,21-22H,10H2,1H3,(H,19,20,23). The molecule has 1 aliphatic rings.